The van der Waals surface area contributed by atoms with Gasteiger partial charge in [-0.2, -0.15) is 0 Å². The van der Waals surface area contributed by atoms with Crippen molar-refractivity contribution in [1.29, 1.82) is 0 Å². The summed E-state index contributed by atoms with van der Waals surface area (Å²) in [6.07, 6.45) is 0.454. The maximum absolute atomic E-state index is 13.3. The predicted molar refractivity (Wildman–Crippen MR) is 140 cm³/mol. The van der Waals surface area contributed by atoms with Crippen molar-refractivity contribution in [3.63, 3.8) is 0 Å². The summed E-state index contributed by atoms with van der Waals surface area (Å²) in [4.78, 5) is 27.9. The van der Waals surface area contributed by atoms with Crippen LogP contribution in [0.25, 0.3) is 0 Å². The second kappa shape index (κ2) is 11.5. The summed E-state index contributed by atoms with van der Waals surface area (Å²) in [7, 11) is 0. The van der Waals surface area contributed by atoms with Crippen LogP contribution >= 0.6 is 23.2 Å². The molecule has 5 nitrogen and oxygen atoms in total. The average molecular weight is 508 g/mol. The number of halogens is 2. The van der Waals surface area contributed by atoms with Crippen LogP contribution < -0.4 is 10.1 Å². The summed E-state index contributed by atoms with van der Waals surface area (Å²) in [6, 6.07) is 12.3. The Kier molecular flexibility index (Phi) is 9.44. The van der Waals surface area contributed by atoms with Crippen molar-refractivity contribution >= 4 is 35.0 Å². The van der Waals surface area contributed by atoms with Crippen LogP contribution in [0, 0.1) is 0 Å². The van der Waals surface area contributed by atoms with Crippen LogP contribution in [0.4, 0.5) is 0 Å². The van der Waals surface area contributed by atoms with Crippen LogP contribution in [0.1, 0.15) is 66.0 Å². The molecular weight excluding hydrogens is 471 g/mol. The molecular formula is C27H36Cl2N2O3. The highest BCUT2D eigenvalue weighted by Crippen LogP contribution is 2.26. The highest BCUT2D eigenvalue weighted by atomic mass is 35.5. The number of nitrogens with one attached hydrogen (secondary N) is 1. The van der Waals surface area contributed by atoms with E-state index in [-0.39, 0.29) is 30.4 Å². The van der Waals surface area contributed by atoms with Crippen molar-refractivity contribution in [2.45, 2.75) is 78.4 Å². The van der Waals surface area contributed by atoms with Crippen molar-refractivity contribution in [3.8, 4) is 5.75 Å². The highest BCUT2D eigenvalue weighted by molar-refractivity contribution is 6.42. The summed E-state index contributed by atoms with van der Waals surface area (Å²) in [5, 5.41) is 3.82. The molecule has 0 fully saturated rings. The van der Waals surface area contributed by atoms with E-state index in [1.807, 2.05) is 52.0 Å². The Labute approximate surface area is 213 Å². The van der Waals surface area contributed by atoms with E-state index >= 15 is 0 Å². The molecule has 0 bridgehead atoms. The fraction of sp³-hybridized carbons (Fsp3) is 0.481. The molecule has 0 saturated heterocycles. The average Bonchev–Trinajstić information content (AvgIpc) is 2.72. The third-order valence-corrected chi connectivity index (χ3v) is 6.04. The Morgan fingerprint density at radius 1 is 0.971 bits per heavy atom. The summed E-state index contributed by atoms with van der Waals surface area (Å²) in [5.41, 5.74) is 1.56. The first-order valence-corrected chi connectivity index (χ1v) is 12.3. The van der Waals surface area contributed by atoms with Crippen molar-refractivity contribution < 1.29 is 14.3 Å². The third-order valence-electron chi connectivity index (χ3n) is 5.30. The second-order valence-corrected chi connectivity index (χ2v) is 11.3. The normalized spacial score (nSPS) is 12.7. The number of ether oxygens (including phenoxy) is 1. The van der Waals surface area contributed by atoms with Crippen LogP contribution in [0.5, 0.6) is 5.75 Å². The molecule has 7 heteroatoms. The third kappa shape index (κ3) is 8.21. The molecule has 0 aliphatic rings. The van der Waals surface area contributed by atoms with Gasteiger partial charge in [0.2, 0.25) is 5.91 Å². The van der Waals surface area contributed by atoms with E-state index in [0.717, 1.165) is 5.56 Å². The lowest BCUT2D eigenvalue weighted by Gasteiger charge is -2.33. The minimum Gasteiger partial charge on any atom is -0.484 e. The van der Waals surface area contributed by atoms with Crippen LogP contribution in [0.15, 0.2) is 42.5 Å². The molecule has 2 aromatic carbocycles. The maximum Gasteiger partial charge on any atom is 0.261 e. The van der Waals surface area contributed by atoms with Gasteiger partial charge in [-0.3, -0.25) is 9.59 Å². The second-order valence-electron chi connectivity index (χ2n) is 10.5. The van der Waals surface area contributed by atoms with Crippen LogP contribution in [-0.4, -0.2) is 34.9 Å². The summed E-state index contributed by atoms with van der Waals surface area (Å²) >= 11 is 12.2. The monoisotopic (exact) mass is 506 g/mol. The van der Waals surface area contributed by atoms with E-state index in [2.05, 4.69) is 26.1 Å². The zero-order chi connectivity index (χ0) is 25.7. The van der Waals surface area contributed by atoms with Gasteiger partial charge in [-0.25, -0.2) is 0 Å². The van der Waals surface area contributed by atoms with Gasteiger partial charge < -0.3 is 15.0 Å². The van der Waals surface area contributed by atoms with Crippen molar-refractivity contribution in [2.24, 2.45) is 0 Å². The molecule has 2 rings (SSSR count). The van der Waals surface area contributed by atoms with Crippen LogP contribution in [0.3, 0.4) is 0 Å². The summed E-state index contributed by atoms with van der Waals surface area (Å²) < 4.78 is 5.80. The van der Waals surface area contributed by atoms with Gasteiger partial charge in [-0.15, -0.1) is 0 Å². The number of hydrogen-bond donors (Lipinski definition) is 1. The Hall–Kier alpha value is -2.24. The minimum atomic E-state index is -0.659. The van der Waals surface area contributed by atoms with Crippen molar-refractivity contribution in [1.82, 2.24) is 10.2 Å². The topological polar surface area (TPSA) is 58.6 Å². The van der Waals surface area contributed by atoms with Gasteiger partial charge in [0.25, 0.3) is 5.91 Å². The number of rotatable bonds is 8. The smallest absolute Gasteiger partial charge is 0.261 e. The molecule has 2 amide bonds. The predicted octanol–water partition coefficient (Wildman–Crippen LogP) is 6.39. The molecule has 0 radical (unpaired) electrons. The van der Waals surface area contributed by atoms with Crippen LogP contribution in [-0.2, 0) is 21.5 Å². The number of amides is 2. The first-order valence-electron chi connectivity index (χ1n) is 11.5. The van der Waals surface area contributed by atoms with Gasteiger partial charge in [0, 0.05) is 12.1 Å². The van der Waals surface area contributed by atoms with E-state index in [9.17, 15) is 9.59 Å². The van der Waals surface area contributed by atoms with E-state index < -0.39 is 11.6 Å². The van der Waals surface area contributed by atoms with E-state index in [0.29, 0.717) is 22.2 Å². The largest absolute Gasteiger partial charge is 0.484 e. The van der Waals surface area contributed by atoms with Gasteiger partial charge in [-0.05, 0) is 68.0 Å². The molecule has 0 aromatic heterocycles. The Morgan fingerprint density at radius 3 is 2.09 bits per heavy atom. The first kappa shape index (κ1) is 28.0. The Balaban J connectivity index is 2.24. The van der Waals surface area contributed by atoms with Gasteiger partial charge >= 0.3 is 0 Å². The van der Waals surface area contributed by atoms with E-state index in [1.54, 1.807) is 23.1 Å². The molecule has 1 N–H and O–H groups in total. The lowest BCUT2D eigenvalue weighted by molar-refractivity contribution is -0.143. The quantitative estimate of drug-likeness (QED) is 0.450. The molecule has 0 unspecified atom stereocenters. The molecule has 0 heterocycles. The van der Waals surface area contributed by atoms with Gasteiger partial charge in [-0.1, -0.05) is 69.1 Å². The number of hydrogen-bond acceptors (Lipinski definition) is 3. The van der Waals surface area contributed by atoms with Crippen molar-refractivity contribution in [3.05, 3.63) is 63.6 Å². The zero-order valence-electron chi connectivity index (χ0n) is 21.2. The lowest BCUT2D eigenvalue weighted by Crippen LogP contribution is -2.54. The number of nitrogens with zero attached hydrogens (tertiary/aromatic N) is 1. The fourth-order valence-electron chi connectivity index (χ4n) is 3.49. The summed E-state index contributed by atoms with van der Waals surface area (Å²) in [5.74, 6) is 0.0999. The molecule has 0 saturated carbocycles. The molecule has 0 spiro atoms. The Bertz CT molecular complexity index is 992. The van der Waals surface area contributed by atoms with Gasteiger partial charge in [0.1, 0.15) is 11.8 Å². The minimum absolute atomic E-state index is 0.0275. The molecule has 34 heavy (non-hydrogen) atoms. The zero-order valence-corrected chi connectivity index (χ0v) is 22.7. The standard InChI is InChI=1S/C27H36Cl2N2O3/c1-8-23(25(33)30-27(5,6)7)31(16-18-9-14-21(28)22(29)15-18)24(32)17-34-20-12-10-19(11-13-20)26(2,3)4/h9-15,23H,8,16-17H2,1-7H3,(H,30,33)/t23-/m1/s1. The van der Waals surface area contributed by atoms with E-state index in [4.69, 9.17) is 27.9 Å². The molecule has 0 aliphatic carbocycles. The SMILES string of the molecule is CC[C@H](C(=O)NC(C)(C)C)N(Cc1ccc(Cl)c(Cl)c1)C(=O)COc1ccc(C(C)(C)C)cc1. The number of benzene rings is 2. The molecule has 1 atom stereocenters. The highest BCUT2D eigenvalue weighted by Gasteiger charge is 2.31. The maximum atomic E-state index is 13.3. The van der Waals surface area contributed by atoms with Crippen molar-refractivity contribution in [2.75, 3.05) is 6.61 Å². The van der Waals surface area contributed by atoms with Gasteiger partial charge in [0.05, 0.1) is 10.0 Å². The number of carbonyl (C=O) groups is 2. The molecule has 2 aromatic rings. The molecule has 186 valence electrons. The number of carbonyl (C=O) groups excluding carboxylic acids is 2. The molecule has 0 aliphatic heterocycles. The Morgan fingerprint density at radius 2 is 1.59 bits per heavy atom. The first-order chi connectivity index (χ1) is 15.7. The fourth-order valence-corrected chi connectivity index (χ4v) is 3.81. The van der Waals surface area contributed by atoms with E-state index in [1.165, 1.54) is 5.56 Å². The summed E-state index contributed by atoms with van der Waals surface area (Å²) in [6.45, 7) is 14.1. The van der Waals surface area contributed by atoms with Crippen LogP contribution in [0.2, 0.25) is 10.0 Å². The van der Waals surface area contributed by atoms with Gasteiger partial charge in [0.15, 0.2) is 6.61 Å². The lowest BCUT2D eigenvalue weighted by atomic mass is 9.87.